The van der Waals surface area contributed by atoms with Crippen LogP contribution in [0.15, 0.2) is 28.7 Å². The summed E-state index contributed by atoms with van der Waals surface area (Å²) in [5.74, 6) is -0.347. The lowest BCUT2D eigenvalue weighted by Gasteiger charge is -2.11. The van der Waals surface area contributed by atoms with Gasteiger partial charge in [0.2, 0.25) is 11.8 Å². The van der Waals surface area contributed by atoms with Crippen molar-refractivity contribution in [3.63, 3.8) is 0 Å². The molecule has 5 nitrogen and oxygen atoms in total. The van der Waals surface area contributed by atoms with E-state index in [1.807, 2.05) is 19.1 Å². The van der Waals surface area contributed by atoms with Crippen LogP contribution in [0.3, 0.4) is 0 Å². The zero-order valence-electron chi connectivity index (χ0n) is 11.5. The van der Waals surface area contributed by atoms with E-state index in [0.717, 1.165) is 16.6 Å². The number of carbonyl (C=O) groups excluding carboxylic acids is 2. The van der Waals surface area contributed by atoms with Gasteiger partial charge in [0.15, 0.2) is 0 Å². The standard InChI is InChI=1S/C14H20BrN3O2/c1-2-3-12(16)14(20)17-9-8-13(19)18-11-6-4-10(15)5-7-11/h4-7,12H,2-3,8-9,16H2,1H3,(H,17,20)(H,18,19). The Balaban J connectivity index is 2.26. The average Bonchev–Trinajstić information content (AvgIpc) is 2.41. The predicted molar refractivity (Wildman–Crippen MR) is 83.3 cm³/mol. The summed E-state index contributed by atoms with van der Waals surface area (Å²) in [5.41, 5.74) is 6.39. The van der Waals surface area contributed by atoms with Gasteiger partial charge in [-0.05, 0) is 30.7 Å². The number of anilines is 1. The molecule has 0 radical (unpaired) electrons. The Bertz CT molecular complexity index is 448. The third-order valence-electron chi connectivity index (χ3n) is 2.72. The third-order valence-corrected chi connectivity index (χ3v) is 3.24. The maximum atomic E-state index is 11.7. The first kappa shape index (κ1) is 16.7. The molecule has 0 saturated carbocycles. The van der Waals surface area contributed by atoms with Crippen LogP contribution >= 0.6 is 15.9 Å². The molecule has 0 aliphatic rings. The maximum Gasteiger partial charge on any atom is 0.236 e. The number of hydrogen-bond donors (Lipinski definition) is 3. The first-order valence-electron chi connectivity index (χ1n) is 6.61. The highest BCUT2D eigenvalue weighted by Crippen LogP contribution is 2.14. The van der Waals surface area contributed by atoms with E-state index < -0.39 is 6.04 Å². The van der Waals surface area contributed by atoms with Crippen LogP contribution in [-0.2, 0) is 9.59 Å². The zero-order chi connectivity index (χ0) is 15.0. The topological polar surface area (TPSA) is 84.2 Å². The Labute approximate surface area is 127 Å². The lowest BCUT2D eigenvalue weighted by molar-refractivity contribution is -0.122. The molecule has 0 bridgehead atoms. The van der Waals surface area contributed by atoms with E-state index in [2.05, 4.69) is 26.6 Å². The highest BCUT2D eigenvalue weighted by molar-refractivity contribution is 9.10. The first-order chi connectivity index (χ1) is 9.52. The van der Waals surface area contributed by atoms with E-state index in [1.165, 1.54) is 0 Å². The van der Waals surface area contributed by atoms with E-state index in [4.69, 9.17) is 5.73 Å². The van der Waals surface area contributed by atoms with Gasteiger partial charge in [-0.2, -0.15) is 0 Å². The van der Waals surface area contributed by atoms with Gasteiger partial charge >= 0.3 is 0 Å². The van der Waals surface area contributed by atoms with Crippen molar-refractivity contribution in [2.75, 3.05) is 11.9 Å². The molecule has 4 N–H and O–H groups in total. The molecule has 1 rings (SSSR count). The fraction of sp³-hybridized carbons (Fsp3) is 0.429. The van der Waals surface area contributed by atoms with Gasteiger partial charge in [0.25, 0.3) is 0 Å². The second-order valence-electron chi connectivity index (χ2n) is 4.49. The van der Waals surface area contributed by atoms with Gasteiger partial charge in [0, 0.05) is 23.1 Å². The number of halogens is 1. The molecular formula is C14H20BrN3O2. The molecule has 6 heteroatoms. The molecule has 0 heterocycles. The number of rotatable bonds is 7. The molecule has 0 aromatic heterocycles. The van der Waals surface area contributed by atoms with Gasteiger partial charge in [0.1, 0.15) is 0 Å². The molecule has 1 atom stereocenters. The number of hydrogen-bond acceptors (Lipinski definition) is 3. The van der Waals surface area contributed by atoms with Gasteiger partial charge in [-0.15, -0.1) is 0 Å². The van der Waals surface area contributed by atoms with Gasteiger partial charge in [-0.1, -0.05) is 29.3 Å². The van der Waals surface area contributed by atoms with Crippen molar-refractivity contribution in [2.45, 2.75) is 32.2 Å². The van der Waals surface area contributed by atoms with Crippen molar-refractivity contribution in [2.24, 2.45) is 5.73 Å². The second kappa shape index (κ2) is 8.71. The van der Waals surface area contributed by atoms with Crippen LogP contribution in [0, 0.1) is 0 Å². The molecule has 0 spiro atoms. The van der Waals surface area contributed by atoms with Gasteiger partial charge < -0.3 is 16.4 Å². The lowest BCUT2D eigenvalue weighted by Crippen LogP contribution is -2.41. The molecule has 20 heavy (non-hydrogen) atoms. The van der Waals surface area contributed by atoms with E-state index in [9.17, 15) is 9.59 Å². The van der Waals surface area contributed by atoms with Crippen LogP contribution in [-0.4, -0.2) is 24.4 Å². The molecule has 110 valence electrons. The highest BCUT2D eigenvalue weighted by atomic mass is 79.9. The number of nitrogens with one attached hydrogen (secondary N) is 2. The van der Waals surface area contributed by atoms with Crippen LogP contribution in [0.1, 0.15) is 26.2 Å². The monoisotopic (exact) mass is 341 g/mol. The van der Waals surface area contributed by atoms with E-state index >= 15 is 0 Å². The van der Waals surface area contributed by atoms with E-state index in [-0.39, 0.29) is 18.2 Å². The smallest absolute Gasteiger partial charge is 0.236 e. The van der Waals surface area contributed by atoms with Crippen molar-refractivity contribution < 1.29 is 9.59 Å². The summed E-state index contributed by atoms with van der Waals surface area (Å²) in [6, 6.07) is 6.81. The Morgan fingerprint density at radius 3 is 2.55 bits per heavy atom. The number of carbonyl (C=O) groups is 2. The molecule has 1 aromatic carbocycles. The quantitative estimate of drug-likeness (QED) is 0.709. The summed E-state index contributed by atoms with van der Waals surface area (Å²) in [6.45, 7) is 2.26. The largest absolute Gasteiger partial charge is 0.354 e. The Morgan fingerprint density at radius 2 is 1.95 bits per heavy atom. The second-order valence-corrected chi connectivity index (χ2v) is 5.41. The number of nitrogens with two attached hydrogens (primary N) is 1. The molecular weight excluding hydrogens is 322 g/mol. The van der Waals surface area contributed by atoms with Crippen LogP contribution in [0.5, 0.6) is 0 Å². The summed E-state index contributed by atoms with van der Waals surface area (Å²) in [4.78, 5) is 23.2. The van der Waals surface area contributed by atoms with Crippen LogP contribution in [0.4, 0.5) is 5.69 Å². The highest BCUT2D eigenvalue weighted by Gasteiger charge is 2.11. The normalized spacial score (nSPS) is 11.8. The van der Waals surface area contributed by atoms with Gasteiger partial charge in [0.05, 0.1) is 6.04 Å². The minimum absolute atomic E-state index is 0.142. The molecule has 2 amide bonds. The maximum absolute atomic E-state index is 11.7. The molecule has 0 aliphatic carbocycles. The van der Waals surface area contributed by atoms with E-state index in [1.54, 1.807) is 12.1 Å². The average molecular weight is 342 g/mol. The first-order valence-corrected chi connectivity index (χ1v) is 7.41. The molecule has 1 aromatic rings. The van der Waals surface area contributed by atoms with Crippen LogP contribution in [0.2, 0.25) is 0 Å². The number of amides is 2. The van der Waals surface area contributed by atoms with Crippen molar-refractivity contribution in [1.29, 1.82) is 0 Å². The summed E-state index contributed by atoms with van der Waals surface area (Å²) in [5, 5.41) is 5.42. The summed E-state index contributed by atoms with van der Waals surface area (Å²) < 4.78 is 0.952. The molecule has 0 fully saturated rings. The summed E-state index contributed by atoms with van der Waals surface area (Å²) in [7, 11) is 0. The van der Waals surface area contributed by atoms with Gasteiger partial charge in [-0.3, -0.25) is 9.59 Å². The lowest BCUT2D eigenvalue weighted by atomic mass is 10.1. The zero-order valence-corrected chi connectivity index (χ0v) is 13.1. The van der Waals surface area contributed by atoms with Crippen molar-refractivity contribution in [3.05, 3.63) is 28.7 Å². The Kier molecular flexibility index (Phi) is 7.25. The minimum atomic E-state index is -0.491. The number of benzene rings is 1. The van der Waals surface area contributed by atoms with Crippen molar-refractivity contribution in [3.8, 4) is 0 Å². The van der Waals surface area contributed by atoms with Crippen LogP contribution in [0.25, 0.3) is 0 Å². The molecule has 1 unspecified atom stereocenters. The third kappa shape index (κ3) is 6.16. The SMILES string of the molecule is CCCC(N)C(=O)NCCC(=O)Nc1ccc(Br)cc1. The van der Waals surface area contributed by atoms with Crippen molar-refractivity contribution >= 4 is 33.4 Å². The van der Waals surface area contributed by atoms with Crippen LogP contribution < -0.4 is 16.4 Å². The predicted octanol–water partition coefficient (Wildman–Crippen LogP) is 2.02. The van der Waals surface area contributed by atoms with E-state index in [0.29, 0.717) is 13.0 Å². The Morgan fingerprint density at radius 1 is 1.30 bits per heavy atom. The summed E-state index contributed by atoms with van der Waals surface area (Å²) in [6.07, 6.45) is 1.73. The van der Waals surface area contributed by atoms with Crippen molar-refractivity contribution in [1.82, 2.24) is 5.32 Å². The van der Waals surface area contributed by atoms with Gasteiger partial charge in [-0.25, -0.2) is 0 Å². The minimum Gasteiger partial charge on any atom is -0.354 e. The fourth-order valence-electron chi connectivity index (χ4n) is 1.63. The summed E-state index contributed by atoms with van der Waals surface area (Å²) >= 11 is 3.32. The fourth-order valence-corrected chi connectivity index (χ4v) is 1.89. The molecule has 0 aliphatic heterocycles. The molecule has 0 saturated heterocycles. The Hall–Kier alpha value is -1.40.